The summed E-state index contributed by atoms with van der Waals surface area (Å²) in [5, 5.41) is 15.5. The number of anilines is 1. The van der Waals surface area contributed by atoms with Crippen molar-refractivity contribution >= 4 is 17.2 Å². The molecule has 0 aliphatic carbocycles. The van der Waals surface area contributed by atoms with Gasteiger partial charge in [-0.3, -0.25) is 4.79 Å². The predicted octanol–water partition coefficient (Wildman–Crippen LogP) is 0.325. The maximum Gasteiger partial charge on any atom is 0.200 e. The number of fused-ring (bicyclic) bond motifs is 1. The Hall–Kier alpha value is -2.05. The highest BCUT2D eigenvalue weighted by Gasteiger charge is 2.24. The molecule has 1 atom stereocenters. The number of nitrogens with zero attached hydrogens (tertiary/aromatic N) is 6. The maximum absolute atomic E-state index is 11.5. The number of rotatable bonds is 2. The van der Waals surface area contributed by atoms with Crippen LogP contribution in [0.5, 0.6) is 0 Å². The number of hydrogen-bond donors (Lipinski definition) is 0. The molecular weight excluding hydrogens is 232 g/mol. The molecule has 1 aliphatic rings. The molecule has 0 radical (unpaired) electrons. The maximum atomic E-state index is 11.5. The number of hydrogen-bond acceptors (Lipinski definition) is 6. The van der Waals surface area contributed by atoms with E-state index in [0.717, 1.165) is 31.7 Å². The summed E-state index contributed by atoms with van der Waals surface area (Å²) in [7, 11) is 0. The minimum atomic E-state index is 0.116. The lowest BCUT2D eigenvalue weighted by Gasteiger charge is -2.32. The normalized spacial score (nSPS) is 20.3. The summed E-state index contributed by atoms with van der Waals surface area (Å²) >= 11 is 0. The minimum Gasteiger partial charge on any atom is -0.354 e. The van der Waals surface area contributed by atoms with Gasteiger partial charge in [0.25, 0.3) is 0 Å². The second-order valence-corrected chi connectivity index (χ2v) is 4.61. The Bertz CT molecular complexity index is 580. The summed E-state index contributed by atoms with van der Waals surface area (Å²) in [6.45, 7) is 3.31. The van der Waals surface area contributed by atoms with E-state index in [-0.39, 0.29) is 11.7 Å². The zero-order chi connectivity index (χ0) is 12.5. The van der Waals surface area contributed by atoms with Crippen molar-refractivity contribution in [3.05, 3.63) is 12.1 Å². The van der Waals surface area contributed by atoms with Gasteiger partial charge in [0.15, 0.2) is 11.5 Å². The second kappa shape index (κ2) is 4.32. The molecule has 0 spiro atoms. The van der Waals surface area contributed by atoms with Gasteiger partial charge in [0.05, 0.1) is 0 Å². The number of Topliss-reactive ketones (excluding diaryl/α,β-unsaturated/α-hetero) is 1. The van der Waals surface area contributed by atoms with Gasteiger partial charge in [-0.25, -0.2) is 0 Å². The van der Waals surface area contributed by atoms with Crippen LogP contribution in [-0.2, 0) is 4.79 Å². The number of ketones is 1. The highest BCUT2D eigenvalue weighted by atomic mass is 16.1. The quantitative estimate of drug-likeness (QED) is 0.759. The molecule has 94 valence electrons. The van der Waals surface area contributed by atoms with E-state index in [4.69, 9.17) is 0 Å². The molecule has 0 N–H and O–H groups in total. The van der Waals surface area contributed by atoms with Crippen LogP contribution in [0.2, 0.25) is 0 Å². The topological polar surface area (TPSA) is 76.3 Å². The molecule has 0 amide bonds. The molecule has 2 aromatic heterocycles. The van der Waals surface area contributed by atoms with Crippen LogP contribution < -0.4 is 4.90 Å². The van der Waals surface area contributed by atoms with Crippen molar-refractivity contribution in [2.24, 2.45) is 5.92 Å². The molecule has 1 aliphatic heterocycles. The fraction of sp³-hybridized carbons (Fsp3) is 0.545. The molecule has 1 unspecified atom stereocenters. The Labute approximate surface area is 104 Å². The fourth-order valence-corrected chi connectivity index (χ4v) is 2.33. The van der Waals surface area contributed by atoms with Crippen molar-refractivity contribution < 1.29 is 4.79 Å². The number of carbonyl (C=O) groups is 1. The van der Waals surface area contributed by atoms with Crippen LogP contribution in [0.1, 0.15) is 19.8 Å². The molecular formula is C11H14N6O. The molecule has 3 rings (SSSR count). The Balaban J connectivity index is 1.86. The first-order valence-electron chi connectivity index (χ1n) is 6.05. The smallest absolute Gasteiger partial charge is 0.200 e. The van der Waals surface area contributed by atoms with Crippen LogP contribution in [0, 0.1) is 5.92 Å². The number of tetrazole rings is 1. The van der Waals surface area contributed by atoms with Crippen LogP contribution in [0.15, 0.2) is 12.1 Å². The molecule has 0 bridgehead atoms. The fourth-order valence-electron chi connectivity index (χ4n) is 2.33. The lowest BCUT2D eigenvalue weighted by molar-refractivity contribution is -0.120. The van der Waals surface area contributed by atoms with E-state index in [1.54, 1.807) is 6.92 Å². The lowest BCUT2D eigenvalue weighted by atomic mass is 9.95. The first-order valence-corrected chi connectivity index (χ1v) is 6.05. The van der Waals surface area contributed by atoms with Gasteiger partial charge < -0.3 is 4.90 Å². The van der Waals surface area contributed by atoms with Gasteiger partial charge in [-0.1, -0.05) is 0 Å². The second-order valence-electron chi connectivity index (χ2n) is 4.61. The molecule has 2 aromatic rings. The van der Waals surface area contributed by atoms with Gasteiger partial charge in [-0.15, -0.1) is 14.8 Å². The largest absolute Gasteiger partial charge is 0.354 e. The van der Waals surface area contributed by atoms with Crippen molar-refractivity contribution in [2.75, 3.05) is 18.0 Å². The summed E-state index contributed by atoms with van der Waals surface area (Å²) in [5.74, 6) is 1.19. The molecule has 7 nitrogen and oxygen atoms in total. The van der Waals surface area contributed by atoms with E-state index in [2.05, 4.69) is 25.5 Å². The van der Waals surface area contributed by atoms with E-state index in [9.17, 15) is 4.79 Å². The first-order chi connectivity index (χ1) is 8.74. The van der Waals surface area contributed by atoms with Gasteiger partial charge >= 0.3 is 0 Å². The van der Waals surface area contributed by atoms with Crippen LogP contribution >= 0.6 is 0 Å². The van der Waals surface area contributed by atoms with E-state index in [1.807, 2.05) is 12.1 Å². The monoisotopic (exact) mass is 246 g/mol. The highest BCUT2D eigenvalue weighted by molar-refractivity contribution is 5.79. The van der Waals surface area contributed by atoms with Crippen LogP contribution in [0.3, 0.4) is 0 Å². The molecule has 7 heteroatoms. The summed E-state index contributed by atoms with van der Waals surface area (Å²) in [6, 6.07) is 3.73. The zero-order valence-electron chi connectivity index (χ0n) is 10.2. The third-order valence-corrected chi connectivity index (χ3v) is 3.38. The van der Waals surface area contributed by atoms with Crippen LogP contribution in [0.25, 0.3) is 5.65 Å². The van der Waals surface area contributed by atoms with E-state index < -0.39 is 0 Å². The summed E-state index contributed by atoms with van der Waals surface area (Å²) < 4.78 is 1.41. The van der Waals surface area contributed by atoms with Gasteiger partial charge in [0, 0.05) is 19.0 Å². The molecule has 0 aromatic carbocycles. The molecule has 18 heavy (non-hydrogen) atoms. The Kier molecular flexibility index (Phi) is 2.66. The number of aromatic nitrogens is 5. The standard InChI is InChI=1S/C11H14N6O/c1-8(18)9-3-2-6-16(7-9)11-5-4-10-12-14-15-17(10)13-11/h4-5,9H,2-3,6-7H2,1H3. The van der Waals surface area contributed by atoms with Gasteiger partial charge in [0.1, 0.15) is 5.78 Å². The average molecular weight is 246 g/mol. The van der Waals surface area contributed by atoms with Crippen molar-refractivity contribution in [2.45, 2.75) is 19.8 Å². The third-order valence-electron chi connectivity index (χ3n) is 3.38. The Morgan fingerprint density at radius 2 is 2.33 bits per heavy atom. The number of carbonyl (C=O) groups excluding carboxylic acids is 1. The first kappa shape index (κ1) is 11.1. The molecule has 1 saturated heterocycles. The Morgan fingerprint density at radius 3 is 3.17 bits per heavy atom. The van der Waals surface area contributed by atoms with Gasteiger partial charge in [-0.2, -0.15) is 0 Å². The Morgan fingerprint density at radius 1 is 1.44 bits per heavy atom. The molecule has 3 heterocycles. The van der Waals surface area contributed by atoms with Crippen molar-refractivity contribution in [1.29, 1.82) is 0 Å². The molecule has 1 fully saturated rings. The van der Waals surface area contributed by atoms with E-state index in [0.29, 0.717) is 5.65 Å². The van der Waals surface area contributed by atoms with Crippen molar-refractivity contribution in [1.82, 2.24) is 25.3 Å². The summed E-state index contributed by atoms with van der Waals surface area (Å²) in [6.07, 6.45) is 1.98. The number of piperidine rings is 1. The van der Waals surface area contributed by atoms with Gasteiger partial charge in [0.2, 0.25) is 0 Å². The summed E-state index contributed by atoms with van der Waals surface area (Å²) in [4.78, 5) is 13.6. The molecule has 0 saturated carbocycles. The lowest BCUT2D eigenvalue weighted by Crippen LogP contribution is -2.38. The minimum absolute atomic E-state index is 0.116. The van der Waals surface area contributed by atoms with Crippen LogP contribution in [0.4, 0.5) is 5.82 Å². The zero-order valence-corrected chi connectivity index (χ0v) is 10.2. The predicted molar refractivity (Wildman–Crippen MR) is 64.2 cm³/mol. The van der Waals surface area contributed by atoms with E-state index in [1.165, 1.54) is 4.63 Å². The van der Waals surface area contributed by atoms with E-state index >= 15 is 0 Å². The van der Waals surface area contributed by atoms with Crippen molar-refractivity contribution in [3.63, 3.8) is 0 Å². The SMILES string of the molecule is CC(=O)C1CCCN(c2ccc3nnnn3n2)C1. The summed E-state index contributed by atoms with van der Waals surface area (Å²) in [5.41, 5.74) is 0.624. The average Bonchev–Trinajstić information content (AvgIpc) is 2.86. The van der Waals surface area contributed by atoms with Crippen molar-refractivity contribution in [3.8, 4) is 0 Å². The van der Waals surface area contributed by atoms with Crippen LogP contribution in [-0.4, -0.2) is 44.1 Å². The highest BCUT2D eigenvalue weighted by Crippen LogP contribution is 2.21. The third kappa shape index (κ3) is 1.92. The van der Waals surface area contributed by atoms with Gasteiger partial charge in [-0.05, 0) is 42.3 Å².